The standard InChI is InChI=1S/C14H23F3N2O2/c1-13(2)9-11(3-8-21-13)12(20)19-6-4-18(5-7-19)10-14(15,16)17/h11H,3-10H2,1-2H3/t11-/m1/s1. The second-order valence-electron chi connectivity index (χ2n) is 6.51. The first kappa shape index (κ1) is 16.5. The number of halogens is 3. The van der Waals surface area contributed by atoms with Crippen LogP contribution in [-0.4, -0.2) is 66.8 Å². The highest BCUT2D eigenvalue weighted by atomic mass is 19.4. The summed E-state index contributed by atoms with van der Waals surface area (Å²) in [5, 5.41) is 0. The minimum Gasteiger partial charge on any atom is -0.376 e. The Morgan fingerprint density at radius 3 is 2.38 bits per heavy atom. The van der Waals surface area contributed by atoms with Crippen molar-refractivity contribution in [3.63, 3.8) is 0 Å². The number of hydrogen-bond acceptors (Lipinski definition) is 3. The van der Waals surface area contributed by atoms with Crippen molar-refractivity contribution < 1.29 is 22.7 Å². The van der Waals surface area contributed by atoms with Gasteiger partial charge in [0.1, 0.15) is 0 Å². The lowest BCUT2D eigenvalue weighted by atomic mass is 9.87. The van der Waals surface area contributed by atoms with Gasteiger partial charge in [0.25, 0.3) is 0 Å². The smallest absolute Gasteiger partial charge is 0.376 e. The number of carbonyl (C=O) groups is 1. The van der Waals surface area contributed by atoms with Gasteiger partial charge in [-0.25, -0.2) is 0 Å². The molecular formula is C14H23F3N2O2. The van der Waals surface area contributed by atoms with E-state index in [1.807, 2.05) is 13.8 Å². The summed E-state index contributed by atoms with van der Waals surface area (Å²) < 4.78 is 42.6. The van der Waals surface area contributed by atoms with Gasteiger partial charge in [0.15, 0.2) is 0 Å². The van der Waals surface area contributed by atoms with Gasteiger partial charge in [-0.1, -0.05) is 0 Å². The lowest BCUT2D eigenvalue weighted by Gasteiger charge is -2.40. The topological polar surface area (TPSA) is 32.8 Å². The molecule has 0 aromatic rings. The van der Waals surface area contributed by atoms with Crippen LogP contribution >= 0.6 is 0 Å². The first-order chi connectivity index (χ1) is 9.66. The van der Waals surface area contributed by atoms with E-state index < -0.39 is 12.7 Å². The Morgan fingerprint density at radius 2 is 1.86 bits per heavy atom. The van der Waals surface area contributed by atoms with Crippen LogP contribution in [0.15, 0.2) is 0 Å². The summed E-state index contributed by atoms with van der Waals surface area (Å²) in [5.41, 5.74) is -0.295. The van der Waals surface area contributed by atoms with Gasteiger partial charge < -0.3 is 9.64 Å². The van der Waals surface area contributed by atoms with Gasteiger partial charge in [-0.05, 0) is 26.7 Å². The van der Waals surface area contributed by atoms with Crippen molar-refractivity contribution in [2.45, 2.75) is 38.5 Å². The molecule has 0 aromatic heterocycles. The zero-order valence-corrected chi connectivity index (χ0v) is 12.6. The quantitative estimate of drug-likeness (QED) is 0.781. The van der Waals surface area contributed by atoms with Crippen LogP contribution < -0.4 is 0 Å². The lowest BCUT2D eigenvalue weighted by molar-refractivity contribution is -0.156. The summed E-state index contributed by atoms with van der Waals surface area (Å²) >= 11 is 0. The van der Waals surface area contributed by atoms with Crippen molar-refractivity contribution in [1.82, 2.24) is 9.80 Å². The Balaban J connectivity index is 1.83. The number of ether oxygens (including phenoxy) is 1. The Morgan fingerprint density at radius 1 is 1.24 bits per heavy atom. The average molecular weight is 308 g/mol. The molecule has 0 unspecified atom stereocenters. The number of nitrogens with zero attached hydrogens (tertiary/aromatic N) is 2. The zero-order valence-electron chi connectivity index (χ0n) is 12.6. The fourth-order valence-corrected chi connectivity index (χ4v) is 3.08. The molecule has 2 heterocycles. The molecule has 0 spiro atoms. The van der Waals surface area contributed by atoms with Gasteiger partial charge in [-0.15, -0.1) is 0 Å². The third-order valence-electron chi connectivity index (χ3n) is 4.13. The van der Waals surface area contributed by atoms with E-state index in [4.69, 9.17) is 4.74 Å². The molecule has 4 nitrogen and oxygen atoms in total. The average Bonchev–Trinajstić information content (AvgIpc) is 2.36. The number of alkyl halides is 3. The number of piperazine rings is 1. The minimum atomic E-state index is -4.17. The third-order valence-corrected chi connectivity index (χ3v) is 4.13. The molecule has 2 fully saturated rings. The highest BCUT2D eigenvalue weighted by Gasteiger charge is 2.37. The summed E-state index contributed by atoms with van der Waals surface area (Å²) in [6.45, 7) is 4.95. The Bertz CT molecular complexity index is 377. The highest BCUT2D eigenvalue weighted by molar-refractivity contribution is 5.79. The Hall–Kier alpha value is -0.820. The normalized spacial score (nSPS) is 27.7. The van der Waals surface area contributed by atoms with E-state index in [-0.39, 0.29) is 30.5 Å². The monoisotopic (exact) mass is 308 g/mol. The van der Waals surface area contributed by atoms with Crippen LogP contribution in [0.25, 0.3) is 0 Å². The Kier molecular flexibility index (Phi) is 4.82. The number of rotatable bonds is 2. The number of carbonyl (C=O) groups excluding carboxylic acids is 1. The van der Waals surface area contributed by atoms with Gasteiger partial charge in [-0.2, -0.15) is 13.2 Å². The predicted molar refractivity (Wildman–Crippen MR) is 71.8 cm³/mol. The van der Waals surface area contributed by atoms with E-state index in [2.05, 4.69) is 0 Å². The first-order valence-electron chi connectivity index (χ1n) is 7.38. The molecule has 0 aromatic carbocycles. The summed E-state index contributed by atoms with van der Waals surface area (Å²) in [6.07, 6.45) is -2.80. The van der Waals surface area contributed by atoms with Gasteiger partial charge in [0.2, 0.25) is 5.91 Å². The molecule has 2 aliphatic rings. The van der Waals surface area contributed by atoms with Crippen LogP contribution in [0.3, 0.4) is 0 Å². The SMILES string of the molecule is CC1(C)C[C@H](C(=O)N2CCN(CC(F)(F)F)CC2)CCO1. The van der Waals surface area contributed by atoms with Crippen LogP contribution in [0.2, 0.25) is 0 Å². The fraction of sp³-hybridized carbons (Fsp3) is 0.929. The molecule has 2 rings (SSSR count). The minimum absolute atomic E-state index is 0.0667. The molecule has 2 aliphatic heterocycles. The molecular weight excluding hydrogens is 285 g/mol. The van der Waals surface area contributed by atoms with Gasteiger partial charge >= 0.3 is 6.18 Å². The maximum atomic E-state index is 12.5. The van der Waals surface area contributed by atoms with Crippen molar-refractivity contribution in [3.05, 3.63) is 0 Å². The lowest BCUT2D eigenvalue weighted by Crippen LogP contribution is -2.53. The van der Waals surface area contributed by atoms with E-state index in [1.54, 1.807) is 4.90 Å². The number of amides is 1. The van der Waals surface area contributed by atoms with E-state index >= 15 is 0 Å². The summed E-state index contributed by atoms with van der Waals surface area (Å²) in [7, 11) is 0. The van der Waals surface area contributed by atoms with Crippen LogP contribution in [0.5, 0.6) is 0 Å². The third kappa shape index (κ3) is 4.85. The van der Waals surface area contributed by atoms with Crippen molar-refractivity contribution in [1.29, 1.82) is 0 Å². The molecule has 0 aliphatic carbocycles. The second kappa shape index (κ2) is 6.12. The maximum absolute atomic E-state index is 12.5. The summed E-state index contributed by atoms with van der Waals surface area (Å²) in [6, 6.07) is 0. The molecule has 2 saturated heterocycles. The van der Waals surface area contributed by atoms with Gasteiger partial charge in [0.05, 0.1) is 12.1 Å². The maximum Gasteiger partial charge on any atom is 0.401 e. The zero-order chi connectivity index (χ0) is 15.7. The van der Waals surface area contributed by atoms with Gasteiger partial charge in [0, 0.05) is 38.7 Å². The van der Waals surface area contributed by atoms with Crippen molar-refractivity contribution in [3.8, 4) is 0 Å². The van der Waals surface area contributed by atoms with E-state index in [1.165, 1.54) is 4.90 Å². The highest BCUT2D eigenvalue weighted by Crippen LogP contribution is 2.30. The van der Waals surface area contributed by atoms with Crippen LogP contribution in [0.4, 0.5) is 13.2 Å². The molecule has 1 atom stereocenters. The number of hydrogen-bond donors (Lipinski definition) is 0. The molecule has 1 amide bonds. The summed E-state index contributed by atoms with van der Waals surface area (Å²) in [5.74, 6) is 0.000879. The second-order valence-corrected chi connectivity index (χ2v) is 6.51. The predicted octanol–water partition coefficient (Wildman–Crippen LogP) is 1.90. The van der Waals surface area contributed by atoms with Crippen molar-refractivity contribution in [2.75, 3.05) is 39.3 Å². The van der Waals surface area contributed by atoms with E-state index in [9.17, 15) is 18.0 Å². The molecule has 21 heavy (non-hydrogen) atoms. The van der Waals surface area contributed by atoms with Crippen molar-refractivity contribution >= 4 is 5.91 Å². The first-order valence-corrected chi connectivity index (χ1v) is 7.38. The van der Waals surface area contributed by atoms with Crippen LogP contribution in [0, 0.1) is 5.92 Å². The molecule has 122 valence electrons. The van der Waals surface area contributed by atoms with E-state index in [0.29, 0.717) is 32.5 Å². The largest absolute Gasteiger partial charge is 0.401 e. The van der Waals surface area contributed by atoms with Crippen LogP contribution in [-0.2, 0) is 9.53 Å². The van der Waals surface area contributed by atoms with Crippen LogP contribution in [0.1, 0.15) is 26.7 Å². The molecule has 0 radical (unpaired) electrons. The Labute approximate surface area is 123 Å². The van der Waals surface area contributed by atoms with E-state index in [0.717, 1.165) is 0 Å². The van der Waals surface area contributed by atoms with Gasteiger partial charge in [-0.3, -0.25) is 9.69 Å². The van der Waals surface area contributed by atoms with Crippen molar-refractivity contribution in [2.24, 2.45) is 5.92 Å². The molecule has 7 heteroatoms. The summed E-state index contributed by atoms with van der Waals surface area (Å²) in [4.78, 5) is 15.5. The molecule has 0 bridgehead atoms. The molecule has 0 saturated carbocycles. The fourth-order valence-electron chi connectivity index (χ4n) is 3.08. The molecule has 0 N–H and O–H groups in total.